The number of carbonyl (C=O) groups excluding carboxylic acids is 1. The van der Waals surface area contributed by atoms with Crippen LogP contribution in [0, 0.1) is 0 Å². The smallest absolute Gasteiger partial charge is 0.286 e. The van der Waals surface area contributed by atoms with E-state index < -0.39 is 0 Å². The molecule has 5 nitrogen and oxygen atoms in total. The average molecular weight is 355 g/mol. The Hall–Kier alpha value is -2.35. The molecule has 1 saturated heterocycles. The second-order valence-corrected chi connectivity index (χ2v) is 7.03. The highest BCUT2D eigenvalue weighted by atomic mass is 32.2. The van der Waals surface area contributed by atoms with Gasteiger partial charge in [0.05, 0.1) is 5.69 Å². The Morgan fingerprint density at radius 3 is 2.54 bits per heavy atom. The molecule has 1 fully saturated rings. The van der Waals surface area contributed by atoms with Gasteiger partial charge in [0.15, 0.2) is 10.1 Å². The van der Waals surface area contributed by atoms with Gasteiger partial charge in [-0.05, 0) is 35.0 Å². The standard InChI is InChI=1S/C17H13N3O2S2/c1-19-12-9-11(10-5-3-2-4-6-10)7-8-13(12)22-16(19)14-15(21)20(18)17(23)24-14/h2-9H,18H2,1H3. The molecule has 0 radical (unpaired) electrons. The zero-order chi connectivity index (χ0) is 16.8. The van der Waals surface area contributed by atoms with Crippen molar-refractivity contribution in [1.29, 1.82) is 0 Å². The van der Waals surface area contributed by atoms with Crippen LogP contribution in [-0.4, -0.2) is 22.3 Å². The number of hydrogen-bond acceptors (Lipinski definition) is 6. The quantitative estimate of drug-likeness (QED) is 0.367. The van der Waals surface area contributed by atoms with Gasteiger partial charge in [0.2, 0.25) is 5.88 Å². The van der Waals surface area contributed by atoms with Crippen molar-refractivity contribution in [3.05, 3.63) is 59.3 Å². The molecule has 0 aliphatic carbocycles. The van der Waals surface area contributed by atoms with E-state index in [1.54, 1.807) is 0 Å². The van der Waals surface area contributed by atoms with Crippen molar-refractivity contribution in [1.82, 2.24) is 5.01 Å². The second-order valence-electron chi connectivity index (χ2n) is 5.39. The minimum absolute atomic E-state index is 0.320. The minimum Gasteiger partial charge on any atom is -0.437 e. The normalized spacial score (nSPS) is 19.8. The number of carbonyl (C=O) groups is 1. The number of thioether (sulfide) groups is 1. The maximum atomic E-state index is 12.2. The lowest BCUT2D eigenvalue weighted by molar-refractivity contribution is -0.122. The number of benzene rings is 2. The Morgan fingerprint density at radius 2 is 1.88 bits per heavy atom. The van der Waals surface area contributed by atoms with Crippen LogP contribution < -0.4 is 15.5 Å². The summed E-state index contributed by atoms with van der Waals surface area (Å²) in [6.45, 7) is 0. The topological polar surface area (TPSA) is 58.8 Å². The molecule has 7 heteroatoms. The van der Waals surface area contributed by atoms with Crippen LogP contribution in [0.25, 0.3) is 11.1 Å². The van der Waals surface area contributed by atoms with Crippen LogP contribution in [0.3, 0.4) is 0 Å². The monoisotopic (exact) mass is 355 g/mol. The number of nitrogens with two attached hydrogens (primary N) is 1. The first-order chi connectivity index (χ1) is 11.6. The van der Waals surface area contributed by atoms with Crippen LogP contribution in [0.5, 0.6) is 5.75 Å². The molecular formula is C17H13N3O2S2. The Kier molecular flexibility index (Phi) is 3.56. The number of thiocarbonyl (C=S) groups is 1. The molecule has 4 rings (SSSR count). The molecular weight excluding hydrogens is 342 g/mol. The third kappa shape index (κ3) is 2.29. The number of fused-ring (bicyclic) bond motifs is 1. The van der Waals surface area contributed by atoms with Crippen molar-refractivity contribution in [2.24, 2.45) is 5.84 Å². The first kappa shape index (κ1) is 15.2. The first-order valence-corrected chi connectivity index (χ1v) is 8.45. The van der Waals surface area contributed by atoms with E-state index in [0.717, 1.165) is 33.6 Å². The van der Waals surface area contributed by atoms with Crippen molar-refractivity contribution in [3.8, 4) is 16.9 Å². The molecule has 2 aliphatic rings. The molecule has 2 N–H and O–H groups in total. The van der Waals surface area contributed by atoms with Crippen LogP contribution in [0.2, 0.25) is 0 Å². The molecule has 1 amide bonds. The van der Waals surface area contributed by atoms with E-state index in [1.807, 2.05) is 48.3 Å². The SMILES string of the molecule is CN1C(=C2SC(=S)N(N)C2=O)Oc2ccc(-c3ccccc3)cc21. The molecule has 120 valence electrons. The Bertz CT molecular complexity index is 896. The van der Waals surface area contributed by atoms with Crippen LogP contribution in [0.4, 0.5) is 5.69 Å². The van der Waals surface area contributed by atoms with Crippen molar-refractivity contribution in [2.75, 3.05) is 11.9 Å². The second kappa shape index (κ2) is 5.62. The van der Waals surface area contributed by atoms with Gasteiger partial charge in [-0.15, -0.1) is 0 Å². The fourth-order valence-corrected chi connectivity index (χ4v) is 3.80. The lowest BCUT2D eigenvalue weighted by Gasteiger charge is -2.13. The van der Waals surface area contributed by atoms with Gasteiger partial charge in [0.25, 0.3) is 5.91 Å². The summed E-state index contributed by atoms with van der Waals surface area (Å²) in [4.78, 5) is 14.5. The largest absolute Gasteiger partial charge is 0.437 e. The van der Waals surface area contributed by atoms with Crippen molar-refractivity contribution in [3.63, 3.8) is 0 Å². The molecule has 2 heterocycles. The Morgan fingerprint density at radius 1 is 1.12 bits per heavy atom. The van der Waals surface area contributed by atoms with Crippen molar-refractivity contribution >= 4 is 39.9 Å². The summed E-state index contributed by atoms with van der Waals surface area (Å²) in [5.74, 6) is 6.46. The van der Waals surface area contributed by atoms with Gasteiger partial charge in [0.1, 0.15) is 4.91 Å². The van der Waals surface area contributed by atoms with Crippen LogP contribution >= 0.6 is 24.0 Å². The van der Waals surface area contributed by atoms with Crippen LogP contribution in [0.1, 0.15) is 0 Å². The first-order valence-electron chi connectivity index (χ1n) is 7.22. The van der Waals surface area contributed by atoms with Crippen LogP contribution in [-0.2, 0) is 4.79 Å². The van der Waals surface area contributed by atoms with E-state index in [4.69, 9.17) is 22.8 Å². The van der Waals surface area contributed by atoms with Crippen molar-refractivity contribution < 1.29 is 9.53 Å². The highest BCUT2D eigenvalue weighted by Gasteiger charge is 2.38. The number of amides is 1. The van der Waals surface area contributed by atoms with Gasteiger partial charge < -0.3 is 9.64 Å². The molecule has 0 spiro atoms. The van der Waals surface area contributed by atoms with E-state index in [2.05, 4.69) is 12.1 Å². The maximum absolute atomic E-state index is 12.2. The van der Waals surface area contributed by atoms with E-state index in [9.17, 15) is 4.79 Å². The third-order valence-corrected chi connectivity index (χ3v) is 5.30. The zero-order valence-electron chi connectivity index (χ0n) is 12.7. The summed E-state index contributed by atoms with van der Waals surface area (Å²) in [5.41, 5.74) is 3.10. The van der Waals surface area contributed by atoms with E-state index in [1.165, 1.54) is 0 Å². The van der Waals surface area contributed by atoms with E-state index in [-0.39, 0.29) is 5.91 Å². The number of rotatable bonds is 1. The average Bonchev–Trinajstić information content (AvgIpc) is 3.07. The molecule has 24 heavy (non-hydrogen) atoms. The summed E-state index contributed by atoms with van der Waals surface area (Å²) in [5, 5.41) is 0.970. The van der Waals surface area contributed by atoms with Gasteiger partial charge in [-0.3, -0.25) is 4.79 Å². The minimum atomic E-state index is -0.345. The predicted molar refractivity (Wildman–Crippen MR) is 99.2 cm³/mol. The zero-order valence-corrected chi connectivity index (χ0v) is 14.4. The lowest BCUT2D eigenvalue weighted by atomic mass is 10.0. The summed E-state index contributed by atoms with van der Waals surface area (Å²) >= 11 is 6.23. The van der Waals surface area contributed by atoms with E-state index in [0.29, 0.717) is 20.9 Å². The van der Waals surface area contributed by atoms with E-state index >= 15 is 0 Å². The summed E-state index contributed by atoms with van der Waals surface area (Å²) in [6, 6.07) is 16.0. The summed E-state index contributed by atoms with van der Waals surface area (Å²) < 4.78 is 6.20. The van der Waals surface area contributed by atoms with Gasteiger partial charge in [-0.2, -0.15) is 0 Å². The predicted octanol–water partition coefficient (Wildman–Crippen LogP) is 3.09. The number of hydrogen-bond donors (Lipinski definition) is 1. The molecule has 0 saturated carbocycles. The van der Waals surface area contributed by atoms with Gasteiger partial charge in [0, 0.05) is 7.05 Å². The number of hydrazine groups is 1. The summed E-state index contributed by atoms with van der Waals surface area (Å²) in [7, 11) is 1.86. The molecule has 2 aromatic rings. The number of anilines is 1. The fourth-order valence-electron chi connectivity index (χ4n) is 2.66. The van der Waals surface area contributed by atoms with Gasteiger partial charge in [-0.25, -0.2) is 10.9 Å². The molecule has 0 unspecified atom stereocenters. The van der Waals surface area contributed by atoms with Gasteiger partial charge in [-0.1, -0.05) is 48.6 Å². The lowest BCUT2D eigenvalue weighted by Crippen LogP contribution is -2.35. The maximum Gasteiger partial charge on any atom is 0.286 e. The summed E-state index contributed by atoms with van der Waals surface area (Å²) in [6.07, 6.45) is 0. The van der Waals surface area contributed by atoms with Gasteiger partial charge >= 0.3 is 0 Å². The fraction of sp³-hybridized carbons (Fsp3) is 0.0588. The van der Waals surface area contributed by atoms with Crippen molar-refractivity contribution in [2.45, 2.75) is 0 Å². The molecule has 0 aromatic heterocycles. The number of nitrogens with zero attached hydrogens (tertiary/aromatic N) is 2. The highest BCUT2D eigenvalue weighted by molar-refractivity contribution is 8.26. The Balaban J connectivity index is 1.75. The molecule has 2 aromatic carbocycles. The molecule has 2 aliphatic heterocycles. The highest BCUT2D eigenvalue weighted by Crippen LogP contribution is 2.44. The van der Waals surface area contributed by atoms with Crippen LogP contribution in [0.15, 0.2) is 59.3 Å². The molecule has 0 atom stereocenters. The third-order valence-electron chi connectivity index (χ3n) is 3.93. The Labute approximate surface area is 148 Å². The number of ether oxygens (including phenoxy) is 1. The molecule has 0 bridgehead atoms.